The van der Waals surface area contributed by atoms with E-state index in [-0.39, 0.29) is 12.1 Å². The summed E-state index contributed by atoms with van der Waals surface area (Å²) in [5, 5.41) is 3.50. The highest BCUT2D eigenvalue weighted by Crippen LogP contribution is 2.22. The Hall–Kier alpha value is -0.940. The average molecular weight is 279 g/mol. The maximum atomic E-state index is 5.83. The number of benzene rings is 1. The van der Waals surface area contributed by atoms with Gasteiger partial charge in [0.15, 0.2) is 0 Å². The minimum atomic E-state index is 0.0912. The van der Waals surface area contributed by atoms with Gasteiger partial charge >= 0.3 is 0 Å². The number of hydrogen-bond acceptors (Lipinski definition) is 4. The van der Waals surface area contributed by atoms with Gasteiger partial charge < -0.3 is 19.5 Å². The third-order valence-corrected chi connectivity index (χ3v) is 3.57. The highest BCUT2D eigenvalue weighted by Gasteiger charge is 2.25. The molecule has 0 aliphatic carbocycles. The second-order valence-corrected chi connectivity index (χ2v) is 5.00. The van der Waals surface area contributed by atoms with E-state index < -0.39 is 0 Å². The fourth-order valence-electron chi connectivity index (χ4n) is 2.49. The molecule has 2 rings (SSSR count). The first kappa shape index (κ1) is 15.4. The van der Waals surface area contributed by atoms with Gasteiger partial charge in [-0.15, -0.1) is 0 Å². The Morgan fingerprint density at radius 3 is 2.70 bits per heavy atom. The first-order valence-electron chi connectivity index (χ1n) is 7.35. The van der Waals surface area contributed by atoms with Gasteiger partial charge in [-0.25, -0.2) is 0 Å². The molecule has 1 saturated heterocycles. The Morgan fingerprint density at radius 1 is 1.30 bits per heavy atom. The second kappa shape index (κ2) is 8.37. The second-order valence-electron chi connectivity index (χ2n) is 5.00. The summed E-state index contributed by atoms with van der Waals surface area (Å²) in [7, 11) is 1.73. The van der Waals surface area contributed by atoms with Crippen LogP contribution in [0, 0.1) is 0 Å². The van der Waals surface area contributed by atoms with Gasteiger partial charge in [-0.2, -0.15) is 0 Å². The molecule has 1 N–H and O–H groups in total. The first-order chi connectivity index (χ1) is 9.85. The lowest BCUT2D eigenvalue weighted by molar-refractivity contribution is -0.102. The number of ether oxygens (including phenoxy) is 3. The molecule has 0 aromatic heterocycles. The molecule has 0 amide bonds. The fourth-order valence-corrected chi connectivity index (χ4v) is 2.49. The van der Waals surface area contributed by atoms with Crippen LogP contribution in [-0.2, 0) is 20.6 Å². The van der Waals surface area contributed by atoms with Crippen LogP contribution >= 0.6 is 0 Å². The molecule has 4 heteroatoms. The molecular weight excluding hydrogens is 254 g/mol. The lowest BCUT2D eigenvalue weighted by atomic mass is 9.99. The lowest BCUT2D eigenvalue weighted by Gasteiger charge is -2.31. The minimum absolute atomic E-state index is 0.0912. The van der Waals surface area contributed by atoms with Crippen LogP contribution in [0.3, 0.4) is 0 Å². The van der Waals surface area contributed by atoms with Crippen LogP contribution in [0.5, 0.6) is 0 Å². The molecule has 1 aromatic carbocycles. The van der Waals surface area contributed by atoms with Gasteiger partial charge in [-0.05, 0) is 24.1 Å². The zero-order valence-corrected chi connectivity index (χ0v) is 12.4. The van der Waals surface area contributed by atoms with Gasteiger partial charge in [-0.1, -0.05) is 31.2 Å². The number of rotatable bonds is 7. The highest BCUT2D eigenvalue weighted by atomic mass is 16.6. The van der Waals surface area contributed by atoms with Gasteiger partial charge in [0.05, 0.1) is 32.5 Å². The van der Waals surface area contributed by atoms with Gasteiger partial charge in [0.2, 0.25) is 0 Å². The summed E-state index contributed by atoms with van der Waals surface area (Å²) in [5.41, 5.74) is 2.55. The monoisotopic (exact) mass is 279 g/mol. The standard InChI is InChI=1S/C16H25NO3/c1-3-17-16(15-12-19-10-11-20-15)14-6-4-13(5-7-14)8-9-18-2/h4-7,15-17H,3,8-12H2,1-2H3. The molecule has 112 valence electrons. The Bertz CT molecular complexity index is 374. The summed E-state index contributed by atoms with van der Waals surface area (Å²) >= 11 is 0. The van der Waals surface area contributed by atoms with Crippen molar-refractivity contribution in [2.75, 3.05) is 40.1 Å². The quantitative estimate of drug-likeness (QED) is 0.828. The SMILES string of the molecule is CCNC(c1ccc(CCOC)cc1)C1COCCO1. The summed E-state index contributed by atoms with van der Waals surface area (Å²) < 4.78 is 16.5. The minimum Gasteiger partial charge on any atom is -0.384 e. The molecule has 4 nitrogen and oxygen atoms in total. The van der Waals surface area contributed by atoms with Crippen molar-refractivity contribution < 1.29 is 14.2 Å². The van der Waals surface area contributed by atoms with E-state index in [1.165, 1.54) is 11.1 Å². The van der Waals surface area contributed by atoms with Crippen molar-refractivity contribution in [3.8, 4) is 0 Å². The molecule has 2 unspecified atom stereocenters. The van der Waals surface area contributed by atoms with Crippen molar-refractivity contribution in [1.29, 1.82) is 0 Å². The number of nitrogens with one attached hydrogen (secondary N) is 1. The average Bonchev–Trinajstić information content (AvgIpc) is 2.52. The van der Waals surface area contributed by atoms with Gasteiger partial charge in [0, 0.05) is 7.11 Å². The van der Waals surface area contributed by atoms with Crippen molar-refractivity contribution in [2.45, 2.75) is 25.5 Å². The molecule has 1 aliphatic heterocycles. The molecule has 1 fully saturated rings. The zero-order chi connectivity index (χ0) is 14.2. The Kier molecular flexibility index (Phi) is 6.47. The Labute approximate surface area is 121 Å². The molecule has 20 heavy (non-hydrogen) atoms. The van der Waals surface area contributed by atoms with Crippen LogP contribution in [0.1, 0.15) is 24.1 Å². The summed E-state index contributed by atoms with van der Waals surface area (Å²) in [6.45, 7) is 5.82. The van der Waals surface area contributed by atoms with Crippen molar-refractivity contribution in [3.63, 3.8) is 0 Å². The molecule has 0 spiro atoms. The molecule has 0 saturated carbocycles. The van der Waals surface area contributed by atoms with E-state index in [9.17, 15) is 0 Å². The van der Waals surface area contributed by atoms with Crippen molar-refractivity contribution in [1.82, 2.24) is 5.32 Å². The van der Waals surface area contributed by atoms with Gasteiger partial charge in [0.1, 0.15) is 6.10 Å². The van der Waals surface area contributed by atoms with Crippen LogP contribution in [-0.4, -0.2) is 46.2 Å². The number of methoxy groups -OCH3 is 1. The number of hydrogen-bond donors (Lipinski definition) is 1. The highest BCUT2D eigenvalue weighted by molar-refractivity contribution is 5.26. The van der Waals surface area contributed by atoms with E-state index in [2.05, 4.69) is 36.5 Å². The van der Waals surface area contributed by atoms with E-state index in [4.69, 9.17) is 14.2 Å². The molecular formula is C16H25NO3. The predicted molar refractivity (Wildman–Crippen MR) is 79.0 cm³/mol. The topological polar surface area (TPSA) is 39.7 Å². The maximum absolute atomic E-state index is 5.83. The Balaban J connectivity index is 2.04. The third-order valence-electron chi connectivity index (χ3n) is 3.57. The normalized spacial score (nSPS) is 20.8. The number of likely N-dealkylation sites (N-methyl/N-ethyl adjacent to an activating group) is 1. The molecule has 0 bridgehead atoms. The fraction of sp³-hybridized carbons (Fsp3) is 0.625. The van der Waals surface area contributed by atoms with Crippen LogP contribution in [0.4, 0.5) is 0 Å². The summed E-state index contributed by atoms with van der Waals surface area (Å²) in [5.74, 6) is 0. The zero-order valence-electron chi connectivity index (χ0n) is 12.4. The van der Waals surface area contributed by atoms with Crippen LogP contribution < -0.4 is 5.32 Å². The summed E-state index contributed by atoms with van der Waals surface area (Å²) in [6.07, 6.45) is 1.04. The van der Waals surface area contributed by atoms with E-state index in [1.807, 2.05) is 0 Å². The van der Waals surface area contributed by atoms with Crippen molar-refractivity contribution in [2.24, 2.45) is 0 Å². The van der Waals surface area contributed by atoms with E-state index in [0.717, 1.165) is 19.6 Å². The molecule has 0 radical (unpaired) electrons. The lowest BCUT2D eigenvalue weighted by Crippen LogP contribution is -2.40. The van der Waals surface area contributed by atoms with E-state index in [1.54, 1.807) is 7.11 Å². The maximum Gasteiger partial charge on any atom is 0.100 e. The predicted octanol–water partition coefficient (Wildman–Crippen LogP) is 1.94. The summed E-state index contributed by atoms with van der Waals surface area (Å²) in [4.78, 5) is 0. The van der Waals surface area contributed by atoms with Crippen molar-refractivity contribution >= 4 is 0 Å². The molecule has 1 aliphatic rings. The largest absolute Gasteiger partial charge is 0.384 e. The smallest absolute Gasteiger partial charge is 0.100 e. The molecule has 2 atom stereocenters. The third kappa shape index (κ3) is 4.28. The first-order valence-corrected chi connectivity index (χ1v) is 7.35. The molecule has 1 aromatic rings. The van der Waals surface area contributed by atoms with E-state index >= 15 is 0 Å². The van der Waals surface area contributed by atoms with Gasteiger partial charge in [-0.3, -0.25) is 0 Å². The molecule has 1 heterocycles. The van der Waals surface area contributed by atoms with Crippen LogP contribution in [0.25, 0.3) is 0 Å². The van der Waals surface area contributed by atoms with Crippen LogP contribution in [0.15, 0.2) is 24.3 Å². The van der Waals surface area contributed by atoms with Gasteiger partial charge in [0.25, 0.3) is 0 Å². The van der Waals surface area contributed by atoms with E-state index in [0.29, 0.717) is 19.8 Å². The van der Waals surface area contributed by atoms with Crippen LogP contribution in [0.2, 0.25) is 0 Å². The van der Waals surface area contributed by atoms with Crippen molar-refractivity contribution in [3.05, 3.63) is 35.4 Å². The Morgan fingerprint density at radius 2 is 2.10 bits per heavy atom. The summed E-state index contributed by atoms with van der Waals surface area (Å²) in [6, 6.07) is 8.88.